The average molecular weight is 309 g/mol. The molecule has 1 atom stereocenters. The van der Waals surface area contributed by atoms with Gasteiger partial charge in [-0.15, -0.1) is 0 Å². The highest BCUT2D eigenvalue weighted by molar-refractivity contribution is 9.10. The fourth-order valence-electron chi connectivity index (χ4n) is 1.92. The van der Waals surface area contributed by atoms with Gasteiger partial charge >= 0.3 is 0 Å². The minimum absolute atomic E-state index is 0.139. The van der Waals surface area contributed by atoms with Crippen LogP contribution in [0.2, 0.25) is 0 Å². The molecule has 0 radical (unpaired) electrons. The summed E-state index contributed by atoms with van der Waals surface area (Å²) in [5, 5.41) is 7.80. The third-order valence-corrected chi connectivity index (χ3v) is 3.21. The van der Waals surface area contributed by atoms with Crippen molar-refractivity contribution in [2.24, 2.45) is 0 Å². The minimum Gasteiger partial charge on any atom is -0.306 e. The molecule has 18 heavy (non-hydrogen) atoms. The highest BCUT2D eigenvalue weighted by atomic mass is 79.9. The van der Waals surface area contributed by atoms with Gasteiger partial charge in [0.2, 0.25) is 0 Å². The van der Waals surface area contributed by atoms with E-state index in [1.807, 2.05) is 17.1 Å². The van der Waals surface area contributed by atoms with Crippen LogP contribution in [-0.2, 0) is 6.54 Å². The zero-order chi connectivity index (χ0) is 13.0. The van der Waals surface area contributed by atoms with E-state index in [1.54, 1.807) is 6.20 Å². The molecule has 0 bridgehead atoms. The second-order valence-corrected chi connectivity index (χ2v) is 4.97. The summed E-state index contributed by atoms with van der Waals surface area (Å²) in [7, 11) is 0. The molecule has 2 rings (SSSR count). The third-order valence-electron chi connectivity index (χ3n) is 2.78. The molecule has 0 amide bonds. The number of hydrogen-bond acceptors (Lipinski definition) is 3. The molecular formula is C13H17BrN4. The molecule has 0 aromatic carbocycles. The molecule has 1 N–H and O–H groups in total. The molecule has 2 aromatic rings. The van der Waals surface area contributed by atoms with Crippen molar-refractivity contribution in [3.05, 3.63) is 46.5 Å². The lowest BCUT2D eigenvalue weighted by Crippen LogP contribution is -2.21. The minimum atomic E-state index is 0.139. The number of aromatic nitrogens is 3. The van der Waals surface area contributed by atoms with Crippen LogP contribution < -0.4 is 5.32 Å². The number of rotatable bonds is 5. The Kier molecular flexibility index (Phi) is 4.49. The standard InChI is InChI=1S/C13H17BrN4/c1-3-16-13(10-5-12(14)8-15-6-10)11-7-17-18(4-2)9-11/h5-9,13,16H,3-4H2,1-2H3. The van der Waals surface area contributed by atoms with Crippen LogP contribution >= 0.6 is 15.9 Å². The van der Waals surface area contributed by atoms with Gasteiger partial charge in [-0.3, -0.25) is 9.67 Å². The highest BCUT2D eigenvalue weighted by Crippen LogP contribution is 2.23. The first-order chi connectivity index (χ1) is 8.74. The number of nitrogens with zero attached hydrogens (tertiary/aromatic N) is 3. The summed E-state index contributed by atoms with van der Waals surface area (Å²) < 4.78 is 2.93. The fraction of sp³-hybridized carbons (Fsp3) is 0.385. The molecule has 4 nitrogen and oxygen atoms in total. The van der Waals surface area contributed by atoms with Gasteiger partial charge < -0.3 is 5.32 Å². The van der Waals surface area contributed by atoms with Crippen LogP contribution in [0.4, 0.5) is 0 Å². The van der Waals surface area contributed by atoms with Gasteiger partial charge in [0.25, 0.3) is 0 Å². The summed E-state index contributed by atoms with van der Waals surface area (Å²) in [4.78, 5) is 4.23. The van der Waals surface area contributed by atoms with Crippen LogP contribution in [0.15, 0.2) is 35.3 Å². The van der Waals surface area contributed by atoms with Crippen LogP contribution in [0.25, 0.3) is 0 Å². The van der Waals surface area contributed by atoms with Gasteiger partial charge in [-0.25, -0.2) is 0 Å². The maximum Gasteiger partial charge on any atom is 0.0623 e. The summed E-state index contributed by atoms with van der Waals surface area (Å²) in [6.45, 7) is 5.96. The molecule has 0 aliphatic rings. The van der Waals surface area contributed by atoms with Crippen LogP contribution in [-0.4, -0.2) is 21.3 Å². The Bertz CT molecular complexity index is 509. The normalized spacial score (nSPS) is 12.6. The Balaban J connectivity index is 2.33. The van der Waals surface area contributed by atoms with Crippen LogP contribution in [0.5, 0.6) is 0 Å². The molecule has 0 fully saturated rings. The monoisotopic (exact) mass is 308 g/mol. The summed E-state index contributed by atoms with van der Waals surface area (Å²) in [6, 6.07) is 2.23. The molecule has 96 valence electrons. The van der Waals surface area contributed by atoms with Crippen molar-refractivity contribution in [2.75, 3.05) is 6.54 Å². The number of hydrogen-bond donors (Lipinski definition) is 1. The number of pyridine rings is 1. The smallest absolute Gasteiger partial charge is 0.0623 e. The Hall–Kier alpha value is -1.20. The molecule has 0 aliphatic carbocycles. The molecule has 2 heterocycles. The van der Waals surface area contributed by atoms with E-state index in [2.05, 4.69) is 57.4 Å². The number of nitrogens with one attached hydrogen (secondary N) is 1. The zero-order valence-corrected chi connectivity index (χ0v) is 12.2. The van der Waals surface area contributed by atoms with Crippen molar-refractivity contribution in [3.63, 3.8) is 0 Å². The highest BCUT2D eigenvalue weighted by Gasteiger charge is 2.15. The molecule has 0 aliphatic heterocycles. The van der Waals surface area contributed by atoms with Gasteiger partial charge in [-0.1, -0.05) is 6.92 Å². The van der Waals surface area contributed by atoms with E-state index in [1.165, 1.54) is 5.56 Å². The summed E-state index contributed by atoms with van der Waals surface area (Å²) >= 11 is 3.46. The lowest BCUT2D eigenvalue weighted by molar-refractivity contribution is 0.623. The van der Waals surface area contributed by atoms with Crippen molar-refractivity contribution in [3.8, 4) is 0 Å². The summed E-state index contributed by atoms with van der Waals surface area (Å²) in [5.74, 6) is 0. The predicted octanol–water partition coefficient (Wildman–Crippen LogP) is 2.76. The van der Waals surface area contributed by atoms with E-state index >= 15 is 0 Å². The maximum atomic E-state index is 4.33. The van der Waals surface area contributed by atoms with Gasteiger partial charge in [-0.2, -0.15) is 5.10 Å². The first-order valence-corrected chi connectivity index (χ1v) is 6.90. The lowest BCUT2D eigenvalue weighted by Gasteiger charge is -2.16. The molecule has 0 spiro atoms. The van der Waals surface area contributed by atoms with E-state index < -0.39 is 0 Å². The molecule has 0 saturated carbocycles. The lowest BCUT2D eigenvalue weighted by atomic mass is 10.0. The quantitative estimate of drug-likeness (QED) is 0.923. The SMILES string of the molecule is CCNC(c1cncc(Br)c1)c1cnn(CC)c1. The second kappa shape index (κ2) is 6.11. The van der Waals surface area contributed by atoms with E-state index in [-0.39, 0.29) is 6.04 Å². The number of halogens is 1. The summed E-state index contributed by atoms with van der Waals surface area (Å²) in [5.41, 5.74) is 2.31. The van der Waals surface area contributed by atoms with Crippen molar-refractivity contribution < 1.29 is 0 Å². The van der Waals surface area contributed by atoms with Crippen molar-refractivity contribution in [2.45, 2.75) is 26.4 Å². The summed E-state index contributed by atoms with van der Waals surface area (Å²) in [6.07, 6.45) is 7.68. The first-order valence-electron chi connectivity index (χ1n) is 6.10. The third kappa shape index (κ3) is 2.97. The van der Waals surface area contributed by atoms with Crippen LogP contribution in [0.3, 0.4) is 0 Å². The van der Waals surface area contributed by atoms with Crippen molar-refractivity contribution >= 4 is 15.9 Å². The Morgan fingerprint density at radius 1 is 1.28 bits per heavy atom. The number of aryl methyl sites for hydroxylation is 1. The fourth-order valence-corrected chi connectivity index (χ4v) is 2.30. The van der Waals surface area contributed by atoms with E-state index in [4.69, 9.17) is 0 Å². The van der Waals surface area contributed by atoms with Crippen molar-refractivity contribution in [1.82, 2.24) is 20.1 Å². The predicted molar refractivity (Wildman–Crippen MR) is 75.4 cm³/mol. The molecule has 0 saturated heterocycles. The molecular weight excluding hydrogens is 292 g/mol. The molecule has 2 aromatic heterocycles. The van der Waals surface area contributed by atoms with E-state index in [0.717, 1.165) is 23.1 Å². The van der Waals surface area contributed by atoms with Gasteiger partial charge in [0.1, 0.15) is 0 Å². The van der Waals surface area contributed by atoms with Gasteiger partial charge in [0.15, 0.2) is 0 Å². The molecule has 1 unspecified atom stereocenters. The second-order valence-electron chi connectivity index (χ2n) is 4.06. The zero-order valence-electron chi connectivity index (χ0n) is 10.6. The van der Waals surface area contributed by atoms with Gasteiger partial charge in [-0.05, 0) is 41.0 Å². The average Bonchev–Trinajstić information content (AvgIpc) is 2.84. The van der Waals surface area contributed by atoms with Crippen LogP contribution in [0, 0.1) is 0 Å². The Labute approximate surface area is 116 Å². The first kappa shape index (κ1) is 13.2. The van der Waals surface area contributed by atoms with Crippen LogP contribution in [0.1, 0.15) is 31.0 Å². The van der Waals surface area contributed by atoms with Gasteiger partial charge in [0, 0.05) is 35.2 Å². The van der Waals surface area contributed by atoms with Gasteiger partial charge in [0.05, 0.1) is 12.2 Å². The van der Waals surface area contributed by atoms with E-state index in [0.29, 0.717) is 0 Å². The maximum absolute atomic E-state index is 4.33. The van der Waals surface area contributed by atoms with E-state index in [9.17, 15) is 0 Å². The Morgan fingerprint density at radius 2 is 2.11 bits per heavy atom. The molecule has 5 heteroatoms. The Morgan fingerprint density at radius 3 is 2.72 bits per heavy atom. The van der Waals surface area contributed by atoms with Crippen molar-refractivity contribution in [1.29, 1.82) is 0 Å². The largest absolute Gasteiger partial charge is 0.306 e. The topological polar surface area (TPSA) is 42.7 Å².